The van der Waals surface area contributed by atoms with Crippen molar-refractivity contribution in [3.05, 3.63) is 28.0 Å². The van der Waals surface area contributed by atoms with Crippen molar-refractivity contribution in [1.82, 2.24) is 4.98 Å². The molecule has 1 aliphatic heterocycles. The predicted molar refractivity (Wildman–Crippen MR) is 49.8 cm³/mol. The molecule has 1 aromatic rings. The molecule has 3 heteroatoms. The van der Waals surface area contributed by atoms with Crippen molar-refractivity contribution in [3.8, 4) is 0 Å². The van der Waals surface area contributed by atoms with E-state index in [-0.39, 0.29) is 5.60 Å². The zero-order valence-corrected chi connectivity index (χ0v) is 8.68. The molecule has 2 heterocycles. The zero-order chi connectivity index (χ0) is 8.77. The Bertz CT molecular complexity index is 322. The van der Waals surface area contributed by atoms with Gasteiger partial charge >= 0.3 is 0 Å². The van der Waals surface area contributed by atoms with Crippen LogP contribution in [0.2, 0.25) is 0 Å². The Kier molecular flexibility index (Phi) is 1.73. The molecule has 0 fully saturated rings. The van der Waals surface area contributed by atoms with Crippen molar-refractivity contribution in [2.45, 2.75) is 26.1 Å². The number of hydrogen-bond acceptors (Lipinski definition) is 2. The van der Waals surface area contributed by atoms with Crippen molar-refractivity contribution in [3.63, 3.8) is 0 Å². The van der Waals surface area contributed by atoms with Crippen LogP contribution in [0.15, 0.2) is 16.9 Å². The third-order valence-corrected chi connectivity index (χ3v) is 2.62. The van der Waals surface area contributed by atoms with Gasteiger partial charge in [-0.15, -0.1) is 0 Å². The molecule has 0 bridgehead atoms. The van der Waals surface area contributed by atoms with Gasteiger partial charge in [0.05, 0.1) is 12.2 Å². The molecule has 0 saturated carbocycles. The second kappa shape index (κ2) is 2.54. The highest BCUT2D eigenvalue weighted by molar-refractivity contribution is 9.10. The summed E-state index contributed by atoms with van der Waals surface area (Å²) in [4.78, 5) is 4.15. The molecule has 1 aliphatic rings. The molecule has 64 valence electrons. The summed E-state index contributed by atoms with van der Waals surface area (Å²) in [6.07, 6.45) is 1.87. The topological polar surface area (TPSA) is 22.1 Å². The molecular weight excluding hydrogens is 218 g/mol. The Morgan fingerprint density at radius 2 is 2.33 bits per heavy atom. The van der Waals surface area contributed by atoms with Crippen molar-refractivity contribution in [2.24, 2.45) is 0 Å². The fourth-order valence-corrected chi connectivity index (χ4v) is 1.80. The van der Waals surface area contributed by atoms with E-state index in [2.05, 4.69) is 34.8 Å². The van der Waals surface area contributed by atoms with Crippen LogP contribution >= 0.6 is 15.9 Å². The van der Waals surface area contributed by atoms with E-state index in [1.165, 1.54) is 11.1 Å². The molecule has 2 nitrogen and oxygen atoms in total. The lowest BCUT2D eigenvalue weighted by Crippen LogP contribution is -2.14. The molecule has 0 spiro atoms. The fourth-order valence-electron chi connectivity index (χ4n) is 1.47. The largest absolute Gasteiger partial charge is 0.366 e. The number of hydrogen-bond donors (Lipinski definition) is 0. The van der Waals surface area contributed by atoms with Gasteiger partial charge in [0.2, 0.25) is 0 Å². The van der Waals surface area contributed by atoms with E-state index >= 15 is 0 Å². The molecule has 0 aliphatic carbocycles. The van der Waals surface area contributed by atoms with Crippen LogP contribution in [0.3, 0.4) is 0 Å². The molecule has 0 unspecified atom stereocenters. The highest BCUT2D eigenvalue weighted by Crippen LogP contribution is 2.36. The van der Waals surface area contributed by atoms with Crippen LogP contribution in [-0.4, -0.2) is 4.98 Å². The van der Waals surface area contributed by atoms with Crippen LogP contribution < -0.4 is 0 Å². The maximum atomic E-state index is 5.60. The summed E-state index contributed by atoms with van der Waals surface area (Å²) in [5.74, 6) is 0. The Balaban J connectivity index is 2.57. The van der Waals surface area contributed by atoms with E-state index in [1.54, 1.807) is 0 Å². The maximum Gasteiger partial charge on any atom is 0.106 e. The van der Waals surface area contributed by atoms with E-state index in [4.69, 9.17) is 4.74 Å². The number of nitrogens with zero attached hydrogens (tertiary/aromatic N) is 1. The second-order valence-electron chi connectivity index (χ2n) is 3.46. The van der Waals surface area contributed by atoms with E-state index in [9.17, 15) is 0 Å². The van der Waals surface area contributed by atoms with Crippen LogP contribution in [0.1, 0.15) is 25.0 Å². The maximum absolute atomic E-state index is 5.60. The highest BCUT2D eigenvalue weighted by atomic mass is 79.9. The van der Waals surface area contributed by atoms with Gasteiger partial charge in [0.25, 0.3) is 0 Å². The number of rotatable bonds is 0. The average molecular weight is 228 g/mol. The van der Waals surface area contributed by atoms with Crippen molar-refractivity contribution in [2.75, 3.05) is 0 Å². The summed E-state index contributed by atoms with van der Waals surface area (Å²) in [6.45, 7) is 4.83. The van der Waals surface area contributed by atoms with Gasteiger partial charge in [0.15, 0.2) is 0 Å². The second-order valence-corrected chi connectivity index (χ2v) is 4.28. The van der Waals surface area contributed by atoms with Gasteiger partial charge in [-0.05, 0) is 41.4 Å². The Morgan fingerprint density at radius 1 is 1.58 bits per heavy atom. The van der Waals surface area contributed by atoms with Crippen molar-refractivity contribution in [1.29, 1.82) is 0 Å². The quantitative estimate of drug-likeness (QED) is 0.636. The molecule has 1 aromatic heterocycles. The van der Waals surface area contributed by atoms with Gasteiger partial charge in [-0.2, -0.15) is 0 Å². The zero-order valence-electron chi connectivity index (χ0n) is 7.10. The van der Waals surface area contributed by atoms with E-state index in [1.807, 2.05) is 12.3 Å². The van der Waals surface area contributed by atoms with E-state index in [0.29, 0.717) is 6.61 Å². The molecule has 0 amide bonds. The minimum atomic E-state index is -0.152. The molecule has 12 heavy (non-hydrogen) atoms. The minimum Gasteiger partial charge on any atom is -0.366 e. The lowest BCUT2D eigenvalue weighted by molar-refractivity contribution is -0.00791. The molecule has 0 atom stereocenters. The van der Waals surface area contributed by atoms with Crippen LogP contribution in [-0.2, 0) is 16.9 Å². The Labute approximate surface area is 80.1 Å². The lowest BCUT2D eigenvalue weighted by atomic mass is 9.98. The van der Waals surface area contributed by atoms with Gasteiger partial charge in [0.1, 0.15) is 4.60 Å². The first kappa shape index (κ1) is 8.20. The highest BCUT2D eigenvalue weighted by Gasteiger charge is 2.30. The summed E-state index contributed by atoms with van der Waals surface area (Å²) >= 11 is 3.35. The SMILES string of the molecule is CC1(C)OCc2cnc(Br)cc21. The first-order chi connectivity index (χ1) is 5.59. The first-order valence-corrected chi connectivity index (χ1v) is 4.68. The molecular formula is C9H10BrNO. The molecule has 0 aromatic carbocycles. The smallest absolute Gasteiger partial charge is 0.106 e. The summed E-state index contributed by atoms with van der Waals surface area (Å²) < 4.78 is 6.48. The van der Waals surface area contributed by atoms with Gasteiger partial charge in [0, 0.05) is 11.8 Å². The van der Waals surface area contributed by atoms with Gasteiger partial charge in [-0.1, -0.05) is 0 Å². The average Bonchev–Trinajstić information content (AvgIpc) is 2.28. The molecule has 0 radical (unpaired) electrons. The lowest BCUT2D eigenvalue weighted by Gasteiger charge is -2.17. The number of aromatic nitrogens is 1. The van der Waals surface area contributed by atoms with Crippen LogP contribution in [0.4, 0.5) is 0 Å². The monoisotopic (exact) mass is 227 g/mol. The first-order valence-electron chi connectivity index (χ1n) is 3.88. The number of fused-ring (bicyclic) bond motifs is 1. The fraction of sp³-hybridized carbons (Fsp3) is 0.444. The normalized spacial score (nSPS) is 19.2. The van der Waals surface area contributed by atoms with E-state index in [0.717, 1.165) is 4.60 Å². The molecule has 0 N–H and O–H groups in total. The van der Waals surface area contributed by atoms with Crippen LogP contribution in [0.25, 0.3) is 0 Å². The third kappa shape index (κ3) is 1.17. The molecule has 0 saturated heterocycles. The minimum absolute atomic E-state index is 0.152. The van der Waals surface area contributed by atoms with Crippen molar-refractivity contribution >= 4 is 15.9 Å². The number of pyridine rings is 1. The Hall–Kier alpha value is -0.410. The summed E-state index contributed by atoms with van der Waals surface area (Å²) in [6, 6.07) is 2.03. The van der Waals surface area contributed by atoms with E-state index < -0.39 is 0 Å². The van der Waals surface area contributed by atoms with Gasteiger partial charge in [-0.25, -0.2) is 4.98 Å². The Morgan fingerprint density at radius 3 is 3.08 bits per heavy atom. The van der Waals surface area contributed by atoms with Crippen LogP contribution in [0, 0.1) is 0 Å². The van der Waals surface area contributed by atoms with Gasteiger partial charge in [-0.3, -0.25) is 0 Å². The third-order valence-electron chi connectivity index (χ3n) is 2.19. The van der Waals surface area contributed by atoms with Crippen molar-refractivity contribution < 1.29 is 4.74 Å². The summed E-state index contributed by atoms with van der Waals surface area (Å²) in [5, 5.41) is 0. The summed E-state index contributed by atoms with van der Waals surface area (Å²) in [5.41, 5.74) is 2.29. The number of halogens is 1. The standard InChI is InChI=1S/C9H10BrNO/c1-9(2)7-3-8(10)11-4-6(7)5-12-9/h3-4H,5H2,1-2H3. The molecule has 2 rings (SSSR count). The number of ether oxygens (including phenoxy) is 1. The predicted octanol–water partition coefficient (Wildman–Crippen LogP) is 2.61. The van der Waals surface area contributed by atoms with Crippen LogP contribution in [0.5, 0.6) is 0 Å². The summed E-state index contributed by atoms with van der Waals surface area (Å²) in [7, 11) is 0. The van der Waals surface area contributed by atoms with Gasteiger partial charge < -0.3 is 4.74 Å².